The molecule has 0 saturated carbocycles. The largest absolute Gasteiger partial charge is 0.507 e. The fourth-order valence-electron chi connectivity index (χ4n) is 2.73. The molecule has 6 heteroatoms. The van der Waals surface area contributed by atoms with Crippen LogP contribution in [0.5, 0.6) is 11.5 Å². The monoisotopic (exact) mass is 420 g/mol. The molecular weight excluding hydrogens is 406 g/mol. The van der Waals surface area contributed by atoms with Crippen LogP contribution >= 0.6 is 0 Å². The summed E-state index contributed by atoms with van der Waals surface area (Å²) in [5, 5.41) is 20.0. The first-order valence-electron chi connectivity index (χ1n) is 8.39. The van der Waals surface area contributed by atoms with Gasteiger partial charge in [0.15, 0.2) is 5.58 Å². The average molecular weight is 422 g/mol. The van der Waals surface area contributed by atoms with E-state index >= 15 is 0 Å². The van der Waals surface area contributed by atoms with Crippen molar-refractivity contribution in [2.45, 2.75) is 0 Å². The van der Waals surface area contributed by atoms with Crippen molar-refractivity contribution in [2.75, 3.05) is 0 Å². The first-order valence-corrected chi connectivity index (χ1v) is 8.39. The number of fused-ring (bicyclic) bond motifs is 2. The number of oxazole rings is 1. The number of rotatable bonds is 1. The molecule has 28 heavy (non-hydrogen) atoms. The van der Waals surface area contributed by atoms with Crippen LogP contribution in [0.25, 0.3) is 33.5 Å². The molecule has 0 amide bonds. The van der Waals surface area contributed by atoms with Crippen LogP contribution in [0, 0.1) is 0 Å². The topological polar surface area (TPSA) is 79.4 Å². The van der Waals surface area contributed by atoms with Crippen LogP contribution in [-0.4, -0.2) is 20.2 Å². The van der Waals surface area contributed by atoms with Gasteiger partial charge in [0.2, 0.25) is 5.89 Å². The van der Waals surface area contributed by atoms with Gasteiger partial charge in [-0.15, -0.1) is 0 Å². The van der Waals surface area contributed by atoms with Gasteiger partial charge in [-0.05, 0) is 36.4 Å². The number of aromatic nitrogens is 2. The standard InChI is InChI=1S/C13H9NO2.C9H7NO.Zn/c15-11-7-3-1-5-9(11)13-14-10-6-2-4-8-12(10)16-13;11-8-5-1-3-7-4-2-6-10-9(7)8;/h1-8,15H;1-6,11H;. The minimum atomic E-state index is 0. The number of nitrogens with zero attached hydrogens (tertiary/aromatic N) is 2. The predicted molar refractivity (Wildman–Crippen MR) is 105 cm³/mol. The predicted octanol–water partition coefficient (Wildman–Crippen LogP) is 5.14. The van der Waals surface area contributed by atoms with Gasteiger partial charge in [-0.3, -0.25) is 4.98 Å². The molecule has 134 valence electrons. The molecule has 0 aliphatic carbocycles. The quantitative estimate of drug-likeness (QED) is 0.366. The molecule has 0 fully saturated rings. The van der Waals surface area contributed by atoms with Crippen LogP contribution in [0.2, 0.25) is 0 Å². The van der Waals surface area contributed by atoms with E-state index in [0.29, 0.717) is 17.0 Å². The summed E-state index contributed by atoms with van der Waals surface area (Å²) in [5.41, 5.74) is 2.79. The molecule has 0 saturated heterocycles. The van der Waals surface area contributed by atoms with Crippen molar-refractivity contribution in [1.29, 1.82) is 0 Å². The summed E-state index contributed by atoms with van der Waals surface area (Å²) in [6, 6.07) is 23.6. The van der Waals surface area contributed by atoms with E-state index in [1.54, 1.807) is 36.5 Å². The maximum Gasteiger partial charge on any atom is 0.231 e. The van der Waals surface area contributed by atoms with Gasteiger partial charge in [-0.25, -0.2) is 4.98 Å². The van der Waals surface area contributed by atoms with Gasteiger partial charge < -0.3 is 14.6 Å². The van der Waals surface area contributed by atoms with Crippen molar-refractivity contribution in [1.82, 2.24) is 9.97 Å². The van der Waals surface area contributed by atoms with Gasteiger partial charge in [0.05, 0.1) is 5.56 Å². The molecule has 0 atom stereocenters. The van der Waals surface area contributed by atoms with Crippen molar-refractivity contribution in [3.05, 3.63) is 85.1 Å². The van der Waals surface area contributed by atoms with Crippen LogP contribution in [0.4, 0.5) is 0 Å². The molecule has 0 unspecified atom stereocenters. The Morgan fingerprint density at radius 1 is 0.714 bits per heavy atom. The number of pyridine rings is 1. The number of para-hydroxylation sites is 4. The molecule has 5 nitrogen and oxygen atoms in total. The zero-order valence-electron chi connectivity index (χ0n) is 15.0. The SMILES string of the molecule is Oc1cccc2cccnc12.Oc1ccccc1-c1nc2ccccc2o1.[Zn]. The number of benzene rings is 3. The maximum absolute atomic E-state index is 9.69. The molecule has 0 aliphatic heterocycles. The Morgan fingerprint density at radius 3 is 2.21 bits per heavy atom. The third-order valence-electron chi connectivity index (χ3n) is 4.04. The van der Waals surface area contributed by atoms with Crippen molar-refractivity contribution in [3.8, 4) is 23.0 Å². The molecule has 2 aromatic heterocycles. The summed E-state index contributed by atoms with van der Waals surface area (Å²) in [4.78, 5) is 8.35. The number of hydrogen-bond acceptors (Lipinski definition) is 5. The number of phenolic OH excluding ortho intramolecular Hbond substituents is 2. The van der Waals surface area contributed by atoms with Gasteiger partial charge in [0.25, 0.3) is 0 Å². The Labute approximate surface area is 174 Å². The molecule has 2 N–H and O–H groups in total. The summed E-state index contributed by atoms with van der Waals surface area (Å²) in [6.07, 6.45) is 1.67. The van der Waals surface area contributed by atoms with Gasteiger partial charge in [-0.2, -0.15) is 0 Å². The first kappa shape index (κ1) is 19.5. The van der Waals surface area contributed by atoms with Gasteiger partial charge in [0, 0.05) is 31.1 Å². The van der Waals surface area contributed by atoms with E-state index in [-0.39, 0.29) is 31.0 Å². The average Bonchev–Trinajstić information content (AvgIpc) is 3.13. The van der Waals surface area contributed by atoms with E-state index < -0.39 is 0 Å². The second-order valence-corrected chi connectivity index (χ2v) is 5.86. The smallest absolute Gasteiger partial charge is 0.231 e. The summed E-state index contributed by atoms with van der Waals surface area (Å²) >= 11 is 0. The number of hydrogen-bond donors (Lipinski definition) is 2. The van der Waals surface area contributed by atoms with E-state index in [4.69, 9.17) is 4.42 Å². The van der Waals surface area contributed by atoms with Crippen molar-refractivity contribution in [3.63, 3.8) is 0 Å². The number of aromatic hydroxyl groups is 2. The molecule has 3 aromatic carbocycles. The van der Waals surface area contributed by atoms with Crippen LogP contribution in [0.15, 0.2) is 89.5 Å². The van der Waals surface area contributed by atoms with Crippen LogP contribution in [0.1, 0.15) is 0 Å². The minimum Gasteiger partial charge on any atom is -0.507 e. The van der Waals surface area contributed by atoms with Crippen LogP contribution in [0.3, 0.4) is 0 Å². The molecule has 5 rings (SSSR count). The van der Waals surface area contributed by atoms with E-state index in [1.165, 1.54) is 0 Å². The van der Waals surface area contributed by atoms with Crippen LogP contribution in [-0.2, 0) is 19.5 Å². The van der Waals surface area contributed by atoms with Crippen molar-refractivity contribution in [2.24, 2.45) is 0 Å². The first-order chi connectivity index (χ1) is 13.2. The molecule has 5 aromatic rings. The van der Waals surface area contributed by atoms with E-state index in [2.05, 4.69) is 9.97 Å². The fourth-order valence-corrected chi connectivity index (χ4v) is 2.73. The minimum absolute atomic E-state index is 0. The second kappa shape index (κ2) is 8.63. The Morgan fingerprint density at radius 2 is 1.43 bits per heavy atom. The molecule has 2 heterocycles. The third kappa shape index (κ3) is 4.02. The van der Waals surface area contributed by atoms with Crippen molar-refractivity contribution < 1.29 is 34.1 Å². The Kier molecular flexibility index (Phi) is 6.02. The molecule has 0 spiro atoms. The third-order valence-corrected chi connectivity index (χ3v) is 4.04. The second-order valence-electron chi connectivity index (χ2n) is 5.86. The van der Waals surface area contributed by atoms with E-state index in [1.807, 2.05) is 48.5 Å². The zero-order valence-corrected chi connectivity index (χ0v) is 18.0. The van der Waals surface area contributed by atoms with Crippen LogP contribution < -0.4 is 0 Å². The summed E-state index contributed by atoms with van der Waals surface area (Å²) in [6.45, 7) is 0. The molecule has 0 aliphatic rings. The zero-order chi connectivity index (χ0) is 18.6. The number of phenols is 2. The summed E-state index contributed by atoms with van der Waals surface area (Å²) < 4.78 is 5.56. The van der Waals surface area contributed by atoms with Gasteiger partial charge in [0.1, 0.15) is 22.5 Å². The van der Waals surface area contributed by atoms with E-state index in [0.717, 1.165) is 16.5 Å². The molecule has 0 bridgehead atoms. The Balaban J connectivity index is 0.000000165. The maximum atomic E-state index is 9.69. The summed E-state index contributed by atoms with van der Waals surface area (Å²) in [5.74, 6) is 0.858. The van der Waals surface area contributed by atoms with Gasteiger partial charge >= 0.3 is 0 Å². The normalized spacial score (nSPS) is 10.1. The Bertz CT molecular complexity index is 1180. The molecular formula is C22H16N2O3Zn. The molecule has 0 radical (unpaired) electrons. The Hall–Kier alpha value is -3.24. The fraction of sp³-hybridized carbons (Fsp3) is 0. The van der Waals surface area contributed by atoms with E-state index in [9.17, 15) is 10.2 Å². The van der Waals surface area contributed by atoms with Crippen molar-refractivity contribution >= 4 is 22.0 Å². The summed E-state index contributed by atoms with van der Waals surface area (Å²) in [7, 11) is 0. The van der Waals surface area contributed by atoms with Gasteiger partial charge in [-0.1, -0.05) is 42.5 Å².